The molecule has 3 rings (SSSR count). The lowest BCUT2D eigenvalue weighted by molar-refractivity contribution is -0.137. The summed E-state index contributed by atoms with van der Waals surface area (Å²) < 4.78 is 64.7. The van der Waals surface area contributed by atoms with Gasteiger partial charge in [-0.15, -0.1) is 11.3 Å². The molecule has 0 atom stereocenters. The van der Waals surface area contributed by atoms with E-state index in [0.717, 1.165) is 39.6 Å². The summed E-state index contributed by atoms with van der Waals surface area (Å²) in [7, 11) is -3.91. The Morgan fingerprint density at radius 2 is 1.56 bits per heavy atom. The normalized spacial score (nSPS) is 12.3. The van der Waals surface area contributed by atoms with Crippen molar-refractivity contribution in [2.75, 3.05) is 0 Å². The fourth-order valence-electron chi connectivity index (χ4n) is 2.31. The Balaban J connectivity index is 1.70. The van der Waals surface area contributed by atoms with E-state index in [1.54, 1.807) is 18.2 Å². The molecule has 0 fully saturated rings. The van der Waals surface area contributed by atoms with Crippen LogP contribution in [0.15, 0.2) is 65.6 Å². The second kappa shape index (κ2) is 7.63. The van der Waals surface area contributed by atoms with Gasteiger partial charge in [-0.3, -0.25) is 0 Å². The quantitative estimate of drug-likeness (QED) is 0.574. The summed E-state index contributed by atoms with van der Waals surface area (Å²) in [5.41, 5.74) is 0.0635. The minimum absolute atomic E-state index is 0.0433. The summed E-state index contributed by atoms with van der Waals surface area (Å²) in [5.74, 6) is 0. The number of hydrogen-bond acceptors (Lipinski definition) is 3. The highest BCUT2D eigenvalue weighted by Crippen LogP contribution is 2.31. The Hall–Kier alpha value is -1.87. The third-order valence-corrected chi connectivity index (χ3v) is 6.52. The Kier molecular flexibility index (Phi) is 5.62. The van der Waals surface area contributed by atoms with Gasteiger partial charge in [-0.2, -0.15) is 13.2 Å². The van der Waals surface area contributed by atoms with Crippen LogP contribution in [-0.4, -0.2) is 8.42 Å². The maximum absolute atomic E-state index is 12.6. The molecule has 3 nitrogen and oxygen atoms in total. The van der Waals surface area contributed by atoms with Gasteiger partial charge in [-0.05, 0) is 54.1 Å². The first kappa shape index (κ1) is 19.9. The zero-order valence-corrected chi connectivity index (χ0v) is 16.0. The average Bonchev–Trinajstić information content (AvgIpc) is 3.09. The molecular formula is C18H13ClF3NO2S2. The molecule has 142 valence electrons. The minimum Gasteiger partial charge on any atom is -0.207 e. The summed E-state index contributed by atoms with van der Waals surface area (Å²) >= 11 is 7.28. The van der Waals surface area contributed by atoms with Crippen molar-refractivity contribution in [1.29, 1.82) is 0 Å². The topological polar surface area (TPSA) is 46.2 Å². The SMILES string of the molecule is O=S(=O)(NCc1ccc(-c2ccc(Cl)cc2)s1)c1ccc(C(F)(F)F)cc1. The molecule has 27 heavy (non-hydrogen) atoms. The summed E-state index contributed by atoms with van der Waals surface area (Å²) in [6.07, 6.45) is -4.51. The van der Waals surface area contributed by atoms with Crippen molar-refractivity contribution in [3.8, 4) is 10.4 Å². The van der Waals surface area contributed by atoms with Crippen molar-refractivity contribution in [2.45, 2.75) is 17.6 Å². The molecule has 0 aliphatic heterocycles. The molecule has 0 bridgehead atoms. The molecule has 1 heterocycles. The van der Waals surface area contributed by atoms with Gasteiger partial charge in [-0.25, -0.2) is 13.1 Å². The fourth-order valence-corrected chi connectivity index (χ4v) is 4.49. The van der Waals surface area contributed by atoms with E-state index in [0.29, 0.717) is 5.02 Å². The predicted molar refractivity (Wildman–Crippen MR) is 100 cm³/mol. The number of rotatable bonds is 5. The number of nitrogens with one attached hydrogen (secondary N) is 1. The number of thiophene rings is 1. The van der Waals surface area contributed by atoms with E-state index in [9.17, 15) is 21.6 Å². The summed E-state index contributed by atoms with van der Waals surface area (Å²) in [6, 6.07) is 14.3. The lowest BCUT2D eigenvalue weighted by atomic mass is 10.2. The van der Waals surface area contributed by atoms with Crippen molar-refractivity contribution in [3.63, 3.8) is 0 Å². The maximum atomic E-state index is 12.6. The molecule has 0 aliphatic carbocycles. The first-order valence-corrected chi connectivity index (χ1v) is 10.3. The Labute approximate surface area is 163 Å². The van der Waals surface area contributed by atoms with Crippen LogP contribution in [0.2, 0.25) is 5.02 Å². The first-order valence-electron chi connectivity index (χ1n) is 7.67. The van der Waals surface area contributed by atoms with E-state index in [-0.39, 0.29) is 11.4 Å². The van der Waals surface area contributed by atoms with Crippen LogP contribution in [0.3, 0.4) is 0 Å². The highest BCUT2D eigenvalue weighted by Gasteiger charge is 2.30. The molecule has 1 aromatic heterocycles. The highest BCUT2D eigenvalue weighted by molar-refractivity contribution is 7.89. The van der Waals surface area contributed by atoms with Gasteiger partial charge in [-0.1, -0.05) is 23.7 Å². The molecule has 0 unspecified atom stereocenters. The van der Waals surface area contributed by atoms with Crippen LogP contribution in [0, 0.1) is 0 Å². The van der Waals surface area contributed by atoms with Crippen LogP contribution in [0.5, 0.6) is 0 Å². The Morgan fingerprint density at radius 3 is 2.15 bits per heavy atom. The third-order valence-electron chi connectivity index (χ3n) is 3.72. The maximum Gasteiger partial charge on any atom is 0.416 e. The van der Waals surface area contributed by atoms with E-state index >= 15 is 0 Å². The second-order valence-corrected chi connectivity index (χ2v) is 8.99. The van der Waals surface area contributed by atoms with E-state index in [1.807, 2.05) is 18.2 Å². The van der Waals surface area contributed by atoms with Crippen LogP contribution < -0.4 is 4.72 Å². The van der Waals surface area contributed by atoms with E-state index < -0.39 is 21.8 Å². The Morgan fingerprint density at radius 1 is 0.926 bits per heavy atom. The molecule has 0 radical (unpaired) electrons. The number of sulfonamides is 1. The molecule has 2 aromatic carbocycles. The summed E-state index contributed by atoms with van der Waals surface area (Å²) in [4.78, 5) is 1.51. The summed E-state index contributed by atoms with van der Waals surface area (Å²) in [5, 5.41) is 0.625. The summed E-state index contributed by atoms with van der Waals surface area (Å²) in [6.45, 7) is 0.0433. The van der Waals surface area contributed by atoms with Gasteiger partial charge in [0.1, 0.15) is 0 Å². The zero-order chi connectivity index (χ0) is 19.7. The second-order valence-electron chi connectivity index (χ2n) is 5.62. The lowest BCUT2D eigenvalue weighted by Gasteiger charge is -2.09. The molecule has 1 N–H and O–H groups in total. The smallest absolute Gasteiger partial charge is 0.207 e. The largest absolute Gasteiger partial charge is 0.416 e. The standard InChI is InChI=1S/C18H13ClF3NO2S2/c19-14-5-1-12(2-6-14)17-10-7-15(26-17)11-23-27(24,25)16-8-3-13(4-9-16)18(20,21)22/h1-10,23H,11H2. The van der Waals surface area contributed by atoms with Crippen LogP contribution in [0.25, 0.3) is 10.4 Å². The van der Waals surface area contributed by atoms with E-state index in [4.69, 9.17) is 11.6 Å². The van der Waals surface area contributed by atoms with Crippen molar-refractivity contribution in [3.05, 3.63) is 76.1 Å². The fraction of sp³-hybridized carbons (Fsp3) is 0.111. The molecule has 9 heteroatoms. The number of halogens is 4. The molecule has 0 saturated carbocycles. The first-order chi connectivity index (χ1) is 12.6. The molecule has 0 spiro atoms. The molecular weight excluding hydrogens is 419 g/mol. The minimum atomic E-state index is -4.51. The van der Waals surface area contributed by atoms with Crippen LogP contribution >= 0.6 is 22.9 Å². The van der Waals surface area contributed by atoms with Gasteiger partial charge >= 0.3 is 6.18 Å². The van der Waals surface area contributed by atoms with Gasteiger partial charge in [0, 0.05) is 21.3 Å². The van der Waals surface area contributed by atoms with Crippen molar-refractivity contribution >= 4 is 33.0 Å². The van der Waals surface area contributed by atoms with Gasteiger partial charge < -0.3 is 0 Å². The molecule has 3 aromatic rings. The number of alkyl halides is 3. The lowest BCUT2D eigenvalue weighted by Crippen LogP contribution is -2.22. The van der Waals surface area contributed by atoms with Gasteiger partial charge in [0.05, 0.1) is 10.5 Å². The van der Waals surface area contributed by atoms with Gasteiger partial charge in [0.2, 0.25) is 10.0 Å². The number of benzene rings is 2. The van der Waals surface area contributed by atoms with Crippen molar-refractivity contribution in [2.24, 2.45) is 0 Å². The predicted octanol–water partition coefficient (Wildman–Crippen LogP) is 5.57. The van der Waals surface area contributed by atoms with Crippen molar-refractivity contribution in [1.82, 2.24) is 4.72 Å². The molecule has 0 amide bonds. The highest BCUT2D eigenvalue weighted by atomic mass is 35.5. The van der Waals surface area contributed by atoms with E-state index in [2.05, 4.69) is 4.72 Å². The Bertz CT molecular complexity index is 1030. The molecule has 0 aliphatic rings. The zero-order valence-electron chi connectivity index (χ0n) is 13.6. The van der Waals surface area contributed by atoms with Gasteiger partial charge in [0.15, 0.2) is 0 Å². The van der Waals surface area contributed by atoms with Gasteiger partial charge in [0.25, 0.3) is 0 Å². The number of hydrogen-bond donors (Lipinski definition) is 1. The van der Waals surface area contributed by atoms with Crippen LogP contribution in [0.1, 0.15) is 10.4 Å². The van der Waals surface area contributed by atoms with Crippen LogP contribution in [-0.2, 0) is 22.7 Å². The molecule has 0 saturated heterocycles. The monoisotopic (exact) mass is 431 g/mol. The van der Waals surface area contributed by atoms with Crippen molar-refractivity contribution < 1.29 is 21.6 Å². The van der Waals surface area contributed by atoms with E-state index in [1.165, 1.54) is 11.3 Å². The average molecular weight is 432 g/mol. The third kappa shape index (κ3) is 4.90. The van der Waals surface area contributed by atoms with Crippen LogP contribution in [0.4, 0.5) is 13.2 Å².